The summed E-state index contributed by atoms with van der Waals surface area (Å²) < 4.78 is 19.4. The summed E-state index contributed by atoms with van der Waals surface area (Å²) in [5.74, 6) is 0.403. The van der Waals surface area contributed by atoms with Crippen molar-refractivity contribution in [1.82, 2.24) is 4.90 Å². The Bertz CT molecular complexity index is 812. The molecule has 0 atom stereocenters. The second kappa shape index (κ2) is 9.04. The molecule has 0 unspecified atom stereocenters. The average molecular weight is 367 g/mol. The molecule has 0 radical (unpaired) electrons. The molecule has 1 heterocycles. The third-order valence-electron chi connectivity index (χ3n) is 4.62. The largest absolute Gasteiger partial charge is 0.494 e. The van der Waals surface area contributed by atoms with Crippen LogP contribution in [-0.2, 0) is 4.79 Å². The third kappa shape index (κ3) is 4.76. The molecule has 27 heavy (non-hydrogen) atoms. The first-order valence-corrected chi connectivity index (χ1v) is 9.08. The Morgan fingerprint density at radius 1 is 1.07 bits per heavy atom. The van der Waals surface area contributed by atoms with Crippen molar-refractivity contribution >= 4 is 11.6 Å². The van der Waals surface area contributed by atoms with Gasteiger partial charge in [-0.1, -0.05) is 24.3 Å². The van der Waals surface area contributed by atoms with Crippen molar-refractivity contribution in [3.05, 3.63) is 59.9 Å². The van der Waals surface area contributed by atoms with Gasteiger partial charge in [-0.15, -0.1) is 0 Å². The monoisotopic (exact) mass is 367 g/mol. The molecule has 1 aliphatic rings. The lowest BCUT2D eigenvalue weighted by atomic mass is 10.1. The number of nitrogens with zero attached hydrogens (tertiary/aromatic N) is 3. The van der Waals surface area contributed by atoms with E-state index in [1.54, 1.807) is 12.1 Å². The Morgan fingerprint density at radius 3 is 2.52 bits per heavy atom. The Labute approximate surface area is 158 Å². The summed E-state index contributed by atoms with van der Waals surface area (Å²) in [7, 11) is 0. The molecule has 1 aliphatic heterocycles. The number of halogens is 1. The number of piperazine rings is 1. The van der Waals surface area contributed by atoms with Crippen molar-refractivity contribution in [1.29, 1.82) is 5.26 Å². The van der Waals surface area contributed by atoms with Crippen LogP contribution in [0.25, 0.3) is 0 Å². The van der Waals surface area contributed by atoms with Crippen LogP contribution in [-0.4, -0.2) is 43.6 Å². The van der Waals surface area contributed by atoms with Gasteiger partial charge in [-0.25, -0.2) is 4.39 Å². The molecule has 0 N–H and O–H groups in total. The van der Waals surface area contributed by atoms with E-state index in [1.165, 1.54) is 6.07 Å². The number of amides is 1. The maximum absolute atomic E-state index is 13.8. The van der Waals surface area contributed by atoms with Crippen molar-refractivity contribution in [2.24, 2.45) is 0 Å². The first-order valence-electron chi connectivity index (χ1n) is 9.08. The number of carbonyl (C=O) groups excluding carboxylic acids is 1. The highest BCUT2D eigenvalue weighted by Gasteiger charge is 2.23. The summed E-state index contributed by atoms with van der Waals surface area (Å²) in [6.07, 6.45) is 1.10. The van der Waals surface area contributed by atoms with Gasteiger partial charge in [0.25, 0.3) is 0 Å². The molecule has 1 fully saturated rings. The maximum Gasteiger partial charge on any atom is 0.222 e. The molecule has 0 bridgehead atoms. The molecule has 1 amide bonds. The van der Waals surface area contributed by atoms with Gasteiger partial charge < -0.3 is 14.5 Å². The van der Waals surface area contributed by atoms with Gasteiger partial charge >= 0.3 is 0 Å². The van der Waals surface area contributed by atoms with Crippen molar-refractivity contribution in [3.8, 4) is 11.8 Å². The molecular weight excluding hydrogens is 345 g/mol. The molecule has 6 heteroatoms. The lowest BCUT2D eigenvalue weighted by molar-refractivity contribution is -0.131. The minimum absolute atomic E-state index is 0.0651. The lowest BCUT2D eigenvalue weighted by Gasteiger charge is -2.36. The fourth-order valence-corrected chi connectivity index (χ4v) is 3.17. The predicted octanol–water partition coefficient (Wildman–Crippen LogP) is 3.21. The quantitative estimate of drug-likeness (QED) is 0.736. The standard InChI is InChI=1S/C21H22FN3O2/c22-19-8-4-9-20(18(19)16-23)24-11-13-25(14-12-24)21(26)10-5-15-27-17-6-2-1-3-7-17/h1-4,6-9H,5,10-15H2. The van der Waals surface area contributed by atoms with E-state index in [1.807, 2.05) is 46.2 Å². The zero-order chi connectivity index (χ0) is 19.1. The molecule has 140 valence electrons. The van der Waals surface area contributed by atoms with Crippen LogP contribution < -0.4 is 9.64 Å². The van der Waals surface area contributed by atoms with E-state index in [9.17, 15) is 14.4 Å². The number of hydrogen-bond acceptors (Lipinski definition) is 4. The Kier molecular flexibility index (Phi) is 6.26. The topological polar surface area (TPSA) is 56.6 Å². The Hall–Kier alpha value is -3.07. The number of carbonyl (C=O) groups is 1. The molecule has 0 saturated carbocycles. The van der Waals surface area contributed by atoms with Crippen LogP contribution in [0.5, 0.6) is 5.75 Å². The van der Waals surface area contributed by atoms with Crippen molar-refractivity contribution in [3.63, 3.8) is 0 Å². The van der Waals surface area contributed by atoms with Crippen molar-refractivity contribution < 1.29 is 13.9 Å². The summed E-state index contributed by atoms with van der Waals surface area (Å²) in [6, 6.07) is 16.1. The first kappa shape index (κ1) is 18.7. The highest BCUT2D eigenvalue weighted by molar-refractivity contribution is 5.76. The van der Waals surface area contributed by atoms with Gasteiger partial charge in [0, 0.05) is 32.6 Å². The second-order valence-corrected chi connectivity index (χ2v) is 6.38. The zero-order valence-electron chi connectivity index (χ0n) is 15.1. The molecule has 5 nitrogen and oxygen atoms in total. The van der Waals surface area contributed by atoms with Gasteiger partial charge in [0.05, 0.1) is 12.3 Å². The van der Waals surface area contributed by atoms with E-state index in [2.05, 4.69) is 0 Å². The van der Waals surface area contributed by atoms with E-state index in [-0.39, 0.29) is 11.5 Å². The number of anilines is 1. The third-order valence-corrected chi connectivity index (χ3v) is 4.62. The zero-order valence-corrected chi connectivity index (χ0v) is 15.1. The Balaban J connectivity index is 1.44. The number of ether oxygens (including phenoxy) is 1. The summed E-state index contributed by atoms with van der Waals surface area (Å²) >= 11 is 0. The molecule has 2 aromatic carbocycles. The number of hydrogen-bond donors (Lipinski definition) is 0. The fraction of sp³-hybridized carbons (Fsp3) is 0.333. The van der Waals surface area contributed by atoms with Gasteiger partial charge in [-0.2, -0.15) is 5.26 Å². The molecule has 1 saturated heterocycles. The van der Waals surface area contributed by atoms with E-state index < -0.39 is 5.82 Å². The number of rotatable bonds is 6. The summed E-state index contributed by atoms with van der Waals surface area (Å²) in [5.41, 5.74) is 0.663. The first-order chi connectivity index (χ1) is 13.2. The summed E-state index contributed by atoms with van der Waals surface area (Å²) in [4.78, 5) is 16.2. The van der Waals surface area contributed by atoms with Crippen LogP contribution in [0, 0.1) is 17.1 Å². The minimum atomic E-state index is -0.507. The highest BCUT2D eigenvalue weighted by Crippen LogP contribution is 2.23. The average Bonchev–Trinajstić information content (AvgIpc) is 2.72. The Morgan fingerprint density at radius 2 is 1.81 bits per heavy atom. The molecule has 0 aromatic heterocycles. The molecule has 0 spiro atoms. The number of nitriles is 1. The van der Waals surface area contributed by atoms with E-state index in [4.69, 9.17) is 4.74 Å². The van der Waals surface area contributed by atoms with Crippen LogP contribution in [0.2, 0.25) is 0 Å². The normalized spacial score (nSPS) is 13.9. The number of para-hydroxylation sites is 1. The van der Waals surface area contributed by atoms with Gasteiger partial charge in [-0.3, -0.25) is 4.79 Å². The molecule has 2 aromatic rings. The van der Waals surface area contributed by atoms with Gasteiger partial charge in [0.1, 0.15) is 23.2 Å². The van der Waals surface area contributed by atoms with Crippen LogP contribution in [0.4, 0.5) is 10.1 Å². The number of benzene rings is 2. The second-order valence-electron chi connectivity index (χ2n) is 6.38. The van der Waals surface area contributed by atoms with E-state index in [0.29, 0.717) is 51.3 Å². The van der Waals surface area contributed by atoms with Crippen LogP contribution in [0.15, 0.2) is 48.5 Å². The predicted molar refractivity (Wildman–Crippen MR) is 101 cm³/mol. The van der Waals surface area contributed by atoms with Crippen LogP contribution in [0.1, 0.15) is 18.4 Å². The van der Waals surface area contributed by atoms with Crippen molar-refractivity contribution in [2.75, 3.05) is 37.7 Å². The van der Waals surface area contributed by atoms with Crippen molar-refractivity contribution in [2.45, 2.75) is 12.8 Å². The van der Waals surface area contributed by atoms with Crippen LogP contribution in [0.3, 0.4) is 0 Å². The smallest absolute Gasteiger partial charge is 0.222 e. The summed E-state index contributed by atoms with van der Waals surface area (Å²) in [6.45, 7) is 2.82. The van der Waals surface area contributed by atoms with Gasteiger partial charge in [0.15, 0.2) is 0 Å². The highest BCUT2D eigenvalue weighted by atomic mass is 19.1. The maximum atomic E-state index is 13.8. The summed E-state index contributed by atoms with van der Waals surface area (Å²) in [5, 5.41) is 9.18. The van der Waals surface area contributed by atoms with E-state index >= 15 is 0 Å². The van der Waals surface area contributed by atoms with E-state index in [0.717, 1.165) is 5.75 Å². The molecule has 0 aliphatic carbocycles. The van der Waals surface area contributed by atoms with Gasteiger partial charge in [0.2, 0.25) is 5.91 Å². The fourth-order valence-electron chi connectivity index (χ4n) is 3.17. The van der Waals surface area contributed by atoms with Crippen LogP contribution >= 0.6 is 0 Å². The SMILES string of the molecule is N#Cc1c(F)cccc1N1CCN(C(=O)CCCOc2ccccc2)CC1. The van der Waals surface area contributed by atoms with Gasteiger partial charge in [-0.05, 0) is 30.7 Å². The molecule has 3 rings (SSSR count). The minimum Gasteiger partial charge on any atom is -0.494 e. The lowest BCUT2D eigenvalue weighted by Crippen LogP contribution is -2.49. The molecular formula is C21H22FN3O2.